The van der Waals surface area contributed by atoms with Gasteiger partial charge in [0.2, 0.25) is 0 Å². The number of rotatable bonds is 4. The Morgan fingerprint density at radius 2 is 2.00 bits per heavy atom. The number of nitrogen functional groups attached to an aromatic ring is 1. The Morgan fingerprint density at radius 3 is 2.63 bits per heavy atom. The molecular formula is C15H18N2O2. The normalized spacial score (nSPS) is 11.3. The molecule has 0 bridgehead atoms. The second kappa shape index (κ2) is 5.18. The van der Waals surface area contributed by atoms with E-state index in [0.29, 0.717) is 17.8 Å². The van der Waals surface area contributed by atoms with Crippen LogP contribution < -0.4 is 11.1 Å². The highest BCUT2D eigenvalue weighted by Crippen LogP contribution is 2.22. The molecule has 19 heavy (non-hydrogen) atoms. The van der Waals surface area contributed by atoms with Crippen molar-refractivity contribution in [3.05, 3.63) is 54.0 Å². The minimum atomic E-state index is -0.261. The summed E-state index contributed by atoms with van der Waals surface area (Å²) in [6.45, 7) is 4.51. The van der Waals surface area contributed by atoms with Gasteiger partial charge < -0.3 is 15.5 Å². The van der Waals surface area contributed by atoms with Crippen LogP contribution in [0.25, 0.3) is 0 Å². The second-order valence-corrected chi connectivity index (χ2v) is 5.13. The molecule has 100 valence electrons. The van der Waals surface area contributed by atoms with Crippen molar-refractivity contribution in [2.75, 3.05) is 12.3 Å². The number of benzene rings is 1. The smallest absolute Gasteiger partial charge is 0.253 e. The first-order chi connectivity index (χ1) is 9.00. The van der Waals surface area contributed by atoms with E-state index in [-0.39, 0.29) is 11.3 Å². The Morgan fingerprint density at radius 1 is 1.26 bits per heavy atom. The van der Waals surface area contributed by atoms with Crippen LogP contribution in [0.1, 0.15) is 30.0 Å². The molecule has 2 aromatic rings. The summed E-state index contributed by atoms with van der Waals surface area (Å²) in [6, 6.07) is 10.8. The highest BCUT2D eigenvalue weighted by atomic mass is 16.3. The number of hydrogen-bond acceptors (Lipinski definition) is 3. The van der Waals surface area contributed by atoms with E-state index in [4.69, 9.17) is 10.2 Å². The number of nitrogens with one attached hydrogen (secondary N) is 1. The van der Waals surface area contributed by atoms with Gasteiger partial charge in [0.25, 0.3) is 5.91 Å². The fraction of sp³-hybridized carbons (Fsp3) is 0.267. The number of furan rings is 1. The highest BCUT2D eigenvalue weighted by molar-refractivity contribution is 5.99. The summed E-state index contributed by atoms with van der Waals surface area (Å²) in [7, 11) is 0. The molecule has 0 aliphatic heterocycles. The molecule has 1 heterocycles. The molecule has 3 N–H and O–H groups in total. The number of para-hydroxylation sites is 1. The third-order valence-electron chi connectivity index (χ3n) is 3.08. The quantitative estimate of drug-likeness (QED) is 0.828. The Hall–Kier alpha value is -2.23. The minimum Gasteiger partial charge on any atom is -0.469 e. The Kier molecular flexibility index (Phi) is 3.60. The van der Waals surface area contributed by atoms with Crippen LogP contribution in [-0.2, 0) is 5.41 Å². The number of anilines is 1. The molecule has 0 spiro atoms. The maximum absolute atomic E-state index is 12.1. The average Bonchev–Trinajstić information content (AvgIpc) is 2.91. The lowest BCUT2D eigenvalue weighted by molar-refractivity contribution is 0.0945. The molecule has 0 fully saturated rings. The summed E-state index contributed by atoms with van der Waals surface area (Å²) < 4.78 is 5.38. The van der Waals surface area contributed by atoms with E-state index in [2.05, 4.69) is 5.32 Å². The topological polar surface area (TPSA) is 68.3 Å². The van der Waals surface area contributed by atoms with E-state index in [1.807, 2.05) is 26.0 Å². The summed E-state index contributed by atoms with van der Waals surface area (Å²) in [5.74, 6) is 0.673. The van der Waals surface area contributed by atoms with E-state index < -0.39 is 0 Å². The molecule has 1 aromatic heterocycles. The minimum absolute atomic E-state index is 0.169. The van der Waals surface area contributed by atoms with Gasteiger partial charge in [-0.2, -0.15) is 0 Å². The lowest BCUT2D eigenvalue weighted by Gasteiger charge is -2.22. The number of nitrogens with two attached hydrogens (primary N) is 1. The van der Waals surface area contributed by atoms with Gasteiger partial charge in [-0.3, -0.25) is 4.79 Å². The fourth-order valence-corrected chi connectivity index (χ4v) is 1.85. The zero-order valence-electron chi connectivity index (χ0n) is 11.1. The van der Waals surface area contributed by atoms with Crippen molar-refractivity contribution in [3.63, 3.8) is 0 Å². The summed E-state index contributed by atoms with van der Waals surface area (Å²) in [6.07, 6.45) is 1.63. The SMILES string of the molecule is CC(C)(CNC(=O)c1ccccc1N)c1ccco1. The van der Waals surface area contributed by atoms with Crippen molar-refractivity contribution in [2.24, 2.45) is 0 Å². The maximum Gasteiger partial charge on any atom is 0.253 e. The van der Waals surface area contributed by atoms with Crippen molar-refractivity contribution in [1.29, 1.82) is 0 Å². The third-order valence-corrected chi connectivity index (χ3v) is 3.08. The van der Waals surface area contributed by atoms with Crippen molar-refractivity contribution < 1.29 is 9.21 Å². The van der Waals surface area contributed by atoms with Gasteiger partial charge in [-0.05, 0) is 24.3 Å². The molecule has 1 aromatic carbocycles. The van der Waals surface area contributed by atoms with Crippen molar-refractivity contribution in [3.8, 4) is 0 Å². The third kappa shape index (κ3) is 2.96. The van der Waals surface area contributed by atoms with Crippen LogP contribution in [0, 0.1) is 0 Å². The predicted molar refractivity (Wildman–Crippen MR) is 74.9 cm³/mol. The monoisotopic (exact) mass is 258 g/mol. The molecular weight excluding hydrogens is 240 g/mol. The van der Waals surface area contributed by atoms with E-state index in [1.165, 1.54) is 0 Å². The Bertz CT molecular complexity index is 559. The molecule has 0 radical (unpaired) electrons. The number of amides is 1. The number of carbonyl (C=O) groups excluding carboxylic acids is 1. The molecule has 4 heteroatoms. The number of hydrogen-bond donors (Lipinski definition) is 2. The predicted octanol–water partition coefficient (Wildman–Crippen LogP) is 2.57. The second-order valence-electron chi connectivity index (χ2n) is 5.13. The van der Waals surface area contributed by atoms with Crippen LogP contribution in [-0.4, -0.2) is 12.5 Å². The highest BCUT2D eigenvalue weighted by Gasteiger charge is 2.24. The van der Waals surface area contributed by atoms with Gasteiger partial charge in [-0.25, -0.2) is 0 Å². The zero-order valence-corrected chi connectivity index (χ0v) is 11.1. The lowest BCUT2D eigenvalue weighted by Crippen LogP contribution is -2.36. The van der Waals surface area contributed by atoms with Crippen molar-refractivity contribution >= 4 is 11.6 Å². The Labute approximate surface area is 112 Å². The molecule has 4 nitrogen and oxygen atoms in total. The molecule has 0 saturated heterocycles. The Balaban J connectivity index is 2.03. The van der Waals surface area contributed by atoms with Gasteiger partial charge in [-0.15, -0.1) is 0 Å². The fourth-order valence-electron chi connectivity index (χ4n) is 1.85. The summed E-state index contributed by atoms with van der Waals surface area (Å²) in [5, 5.41) is 2.89. The lowest BCUT2D eigenvalue weighted by atomic mass is 9.90. The van der Waals surface area contributed by atoms with E-state index in [0.717, 1.165) is 5.76 Å². The molecule has 0 unspecified atom stereocenters. The van der Waals surface area contributed by atoms with Gasteiger partial charge in [0.05, 0.1) is 11.8 Å². The summed E-state index contributed by atoms with van der Waals surface area (Å²) in [4.78, 5) is 12.1. The van der Waals surface area contributed by atoms with E-state index in [1.54, 1.807) is 30.5 Å². The van der Waals surface area contributed by atoms with Crippen LogP contribution in [0.2, 0.25) is 0 Å². The van der Waals surface area contributed by atoms with Gasteiger partial charge in [0, 0.05) is 17.6 Å². The first-order valence-electron chi connectivity index (χ1n) is 6.17. The molecule has 2 rings (SSSR count). The summed E-state index contributed by atoms with van der Waals surface area (Å²) >= 11 is 0. The maximum atomic E-state index is 12.1. The van der Waals surface area contributed by atoms with Gasteiger partial charge in [0.15, 0.2) is 0 Å². The zero-order chi connectivity index (χ0) is 13.9. The molecule has 0 atom stereocenters. The van der Waals surface area contributed by atoms with Gasteiger partial charge >= 0.3 is 0 Å². The number of carbonyl (C=O) groups is 1. The van der Waals surface area contributed by atoms with Crippen LogP contribution in [0.15, 0.2) is 47.1 Å². The molecule has 0 aliphatic rings. The van der Waals surface area contributed by atoms with Crippen LogP contribution in [0.4, 0.5) is 5.69 Å². The molecule has 1 amide bonds. The van der Waals surface area contributed by atoms with Crippen LogP contribution in [0.5, 0.6) is 0 Å². The largest absolute Gasteiger partial charge is 0.469 e. The first-order valence-corrected chi connectivity index (χ1v) is 6.17. The molecule has 0 saturated carbocycles. The van der Waals surface area contributed by atoms with Gasteiger partial charge in [-0.1, -0.05) is 26.0 Å². The van der Waals surface area contributed by atoms with Crippen molar-refractivity contribution in [2.45, 2.75) is 19.3 Å². The average molecular weight is 258 g/mol. The van der Waals surface area contributed by atoms with Crippen molar-refractivity contribution in [1.82, 2.24) is 5.32 Å². The van der Waals surface area contributed by atoms with E-state index in [9.17, 15) is 4.79 Å². The standard InChI is InChI=1S/C15H18N2O2/c1-15(2,13-8-5-9-19-13)10-17-14(18)11-6-3-4-7-12(11)16/h3-9H,10,16H2,1-2H3,(H,17,18). The first kappa shape index (κ1) is 13.2. The molecule has 0 aliphatic carbocycles. The summed E-state index contributed by atoms with van der Waals surface area (Å²) in [5.41, 5.74) is 6.49. The van der Waals surface area contributed by atoms with Crippen LogP contribution in [0.3, 0.4) is 0 Å². The van der Waals surface area contributed by atoms with Crippen LogP contribution >= 0.6 is 0 Å². The van der Waals surface area contributed by atoms with E-state index >= 15 is 0 Å². The van der Waals surface area contributed by atoms with Gasteiger partial charge in [0.1, 0.15) is 5.76 Å².